The van der Waals surface area contributed by atoms with E-state index in [-0.39, 0.29) is 24.7 Å². The molecule has 0 aliphatic rings. The molecule has 0 aliphatic carbocycles. The van der Waals surface area contributed by atoms with E-state index in [1.807, 2.05) is 0 Å². The number of rotatable bonds is 6. The van der Waals surface area contributed by atoms with E-state index in [2.05, 4.69) is 5.32 Å². The molecule has 1 atom stereocenters. The lowest BCUT2D eigenvalue weighted by Gasteiger charge is -2.18. The molecule has 1 aromatic rings. The number of benzene rings is 1. The van der Waals surface area contributed by atoms with Gasteiger partial charge in [0.1, 0.15) is 11.5 Å². The number of ether oxygens (including phenoxy) is 2. The minimum atomic E-state index is -1.20. The van der Waals surface area contributed by atoms with Crippen LogP contribution in [0.15, 0.2) is 24.3 Å². The first-order chi connectivity index (χ1) is 9.06. The zero-order valence-corrected chi connectivity index (χ0v) is 10.9. The van der Waals surface area contributed by atoms with Crippen molar-refractivity contribution in [2.24, 2.45) is 0 Å². The van der Waals surface area contributed by atoms with E-state index < -0.39 is 12.2 Å². The summed E-state index contributed by atoms with van der Waals surface area (Å²) in [5.41, 5.74) is 0. The van der Waals surface area contributed by atoms with Crippen LogP contribution in [-0.4, -0.2) is 29.8 Å². The third-order valence-corrected chi connectivity index (χ3v) is 2.20. The van der Waals surface area contributed by atoms with Crippen LogP contribution < -0.4 is 10.1 Å². The number of nitrogens with one attached hydrogen (secondary N) is 1. The summed E-state index contributed by atoms with van der Waals surface area (Å²) in [4.78, 5) is 23.0. The highest BCUT2D eigenvalue weighted by molar-refractivity contribution is 5.83. The van der Waals surface area contributed by atoms with Crippen LogP contribution in [0, 0.1) is 0 Å². The molecule has 0 fully saturated rings. The average molecular weight is 267 g/mol. The molecule has 6 heteroatoms. The molecule has 104 valence electrons. The fourth-order valence-electron chi connectivity index (χ4n) is 1.26. The predicted octanol–water partition coefficient (Wildman–Crippen LogP) is 1.19. The van der Waals surface area contributed by atoms with Crippen LogP contribution in [0.3, 0.4) is 0 Å². The summed E-state index contributed by atoms with van der Waals surface area (Å²) in [5, 5.41) is 11.6. The number of carbonyl (C=O) groups is 2. The minimum absolute atomic E-state index is 0.0811. The Bertz CT molecular complexity index is 429. The maximum atomic E-state index is 11.7. The van der Waals surface area contributed by atoms with Crippen LogP contribution in [0.2, 0.25) is 0 Å². The monoisotopic (exact) mass is 267 g/mol. The number of aromatic hydroxyl groups is 1. The standard InChI is InChI=1S/C13H17NO5/c1-3-11(16)14-12(13(17)18-4-2)19-10-7-5-9(15)6-8-10/h5-8,12,15H,3-4H2,1-2H3,(H,14,16). The predicted molar refractivity (Wildman–Crippen MR) is 67.6 cm³/mol. The Labute approximate surface area is 111 Å². The normalized spacial score (nSPS) is 11.5. The largest absolute Gasteiger partial charge is 0.508 e. The first-order valence-electron chi connectivity index (χ1n) is 5.98. The van der Waals surface area contributed by atoms with Gasteiger partial charge in [0.25, 0.3) is 6.23 Å². The summed E-state index contributed by atoms with van der Waals surface area (Å²) in [6, 6.07) is 5.80. The van der Waals surface area contributed by atoms with E-state index in [9.17, 15) is 9.59 Å². The number of carbonyl (C=O) groups excluding carboxylic acids is 2. The molecule has 6 nitrogen and oxygen atoms in total. The molecule has 0 aliphatic heterocycles. The lowest BCUT2D eigenvalue weighted by molar-refractivity contribution is -0.155. The molecule has 1 rings (SSSR count). The summed E-state index contributed by atoms with van der Waals surface area (Å²) in [5.74, 6) is -0.570. The van der Waals surface area contributed by atoms with Crippen LogP contribution in [0.5, 0.6) is 11.5 Å². The summed E-state index contributed by atoms with van der Waals surface area (Å²) in [6.07, 6.45) is -0.966. The number of esters is 1. The Morgan fingerprint density at radius 1 is 1.26 bits per heavy atom. The SMILES string of the molecule is CCOC(=O)C(NC(=O)CC)Oc1ccc(O)cc1. The third kappa shape index (κ3) is 4.87. The smallest absolute Gasteiger partial charge is 0.369 e. The van der Waals surface area contributed by atoms with Gasteiger partial charge in [-0.05, 0) is 31.2 Å². The van der Waals surface area contributed by atoms with E-state index in [4.69, 9.17) is 14.6 Å². The van der Waals surface area contributed by atoms with Crippen molar-refractivity contribution in [3.63, 3.8) is 0 Å². The van der Waals surface area contributed by atoms with Crippen LogP contribution >= 0.6 is 0 Å². The molecule has 0 radical (unpaired) electrons. The highest BCUT2D eigenvalue weighted by Gasteiger charge is 2.23. The fourth-order valence-corrected chi connectivity index (χ4v) is 1.26. The minimum Gasteiger partial charge on any atom is -0.508 e. The second kappa shape index (κ2) is 7.25. The highest BCUT2D eigenvalue weighted by Crippen LogP contribution is 2.17. The van der Waals surface area contributed by atoms with Crippen molar-refractivity contribution in [2.75, 3.05) is 6.61 Å². The van der Waals surface area contributed by atoms with Crippen molar-refractivity contribution in [2.45, 2.75) is 26.5 Å². The van der Waals surface area contributed by atoms with Crippen LogP contribution in [0.25, 0.3) is 0 Å². The number of amides is 1. The molecule has 0 saturated heterocycles. The highest BCUT2D eigenvalue weighted by atomic mass is 16.6. The first kappa shape index (κ1) is 14.8. The molecule has 19 heavy (non-hydrogen) atoms. The van der Waals surface area contributed by atoms with E-state index in [1.54, 1.807) is 13.8 Å². The topological polar surface area (TPSA) is 84.9 Å². The van der Waals surface area contributed by atoms with Gasteiger partial charge in [-0.1, -0.05) is 6.92 Å². The van der Waals surface area contributed by atoms with Gasteiger partial charge in [0, 0.05) is 6.42 Å². The van der Waals surface area contributed by atoms with Gasteiger partial charge in [0.15, 0.2) is 0 Å². The third-order valence-electron chi connectivity index (χ3n) is 2.20. The fraction of sp³-hybridized carbons (Fsp3) is 0.385. The lowest BCUT2D eigenvalue weighted by Crippen LogP contribution is -2.45. The van der Waals surface area contributed by atoms with Crippen molar-refractivity contribution < 1.29 is 24.2 Å². The van der Waals surface area contributed by atoms with Crippen molar-refractivity contribution >= 4 is 11.9 Å². The van der Waals surface area contributed by atoms with Gasteiger partial charge in [0.05, 0.1) is 6.61 Å². The van der Waals surface area contributed by atoms with Gasteiger partial charge in [0.2, 0.25) is 5.91 Å². The maximum absolute atomic E-state index is 11.7. The van der Waals surface area contributed by atoms with E-state index >= 15 is 0 Å². The van der Waals surface area contributed by atoms with Crippen LogP contribution in [0.4, 0.5) is 0 Å². The molecule has 0 bridgehead atoms. The summed E-state index contributed by atoms with van der Waals surface area (Å²) < 4.78 is 10.2. The van der Waals surface area contributed by atoms with Gasteiger partial charge < -0.3 is 19.9 Å². The van der Waals surface area contributed by atoms with E-state index in [0.717, 1.165) is 0 Å². The second-order valence-electron chi connectivity index (χ2n) is 3.66. The molecular formula is C13H17NO5. The number of hydrogen-bond acceptors (Lipinski definition) is 5. The molecular weight excluding hydrogens is 250 g/mol. The van der Waals surface area contributed by atoms with Gasteiger partial charge in [-0.3, -0.25) is 4.79 Å². The lowest BCUT2D eigenvalue weighted by atomic mass is 10.3. The molecule has 1 unspecified atom stereocenters. The van der Waals surface area contributed by atoms with E-state index in [1.165, 1.54) is 24.3 Å². The Kier molecular flexibility index (Phi) is 5.66. The molecule has 0 spiro atoms. The number of phenolic OH excluding ortho intramolecular Hbond substituents is 1. The Balaban J connectivity index is 2.75. The molecule has 0 aromatic heterocycles. The Morgan fingerprint density at radius 3 is 2.42 bits per heavy atom. The first-order valence-corrected chi connectivity index (χ1v) is 5.98. The molecule has 0 saturated carbocycles. The average Bonchev–Trinajstić information content (AvgIpc) is 2.40. The second-order valence-corrected chi connectivity index (χ2v) is 3.66. The van der Waals surface area contributed by atoms with Gasteiger partial charge in [-0.25, -0.2) is 4.79 Å². The zero-order chi connectivity index (χ0) is 14.3. The van der Waals surface area contributed by atoms with E-state index in [0.29, 0.717) is 5.75 Å². The summed E-state index contributed by atoms with van der Waals surface area (Å²) in [7, 11) is 0. The van der Waals surface area contributed by atoms with Gasteiger partial charge >= 0.3 is 5.97 Å². The van der Waals surface area contributed by atoms with Crippen molar-refractivity contribution in [3.05, 3.63) is 24.3 Å². The van der Waals surface area contributed by atoms with Gasteiger partial charge in [-0.2, -0.15) is 0 Å². The van der Waals surface area contributed by atoms with Crippen LogP contribution in [-0.2, 0) is 14.3 Å². The summed E-state index contributed by atoms with van der Waals surface area (Å²) in [6.45, 7) is 3.52. The molecule has 1 aromatic carbocycles. The molecule has 0 heterocycles. The van der Waals surface area contributed by atoms with Crippen LogP contribution in [0.1, 0.15) is 20.3 Å². The zero-order valence-electron chi connectivity index (χ0n) is 10.9. The van der Waals surface area contributed by atoms with Crippen molar-refractivity contribution in [3.8, 4) is 11.5 Å². The quantitative estimate of drug-likeness (QED) is 0.597. The summed E-state index contributed by atoms with van der Waals surface area (Å²) >= 11 is 0. The van der Waals surface area contributed by atoms with Crippen molar-refractivity contribution in [1.82, 2.24) is 5.32 Å². The van der Waals surface area contributed by atoms with Gasteiger partial charge in [-0.15, -0.1) is 0 Å². The maximum Gasteiger partial charge on any atom is 0.369 e. The number of hydrogen-bond donors (Lipinski definition) is 2. The molecule has 1 amide bonds. The Morgan fingerprint density at radius 2 is 1.89 bits per heavy atom. The molecule has 2 N–H and O–H groups in total. The number of phenols is 1. The van der Waals surface area contributed by atoms with Crippen molar-refractivity contribution in [1.29, 1.82) is 0 Å². The Hall–Kier alpha value is -2.24.